The maximum absolute atomic E-state index is 12.0. The Bertz CT molecular complexity index is 676. The molecule has 0 aliphatic carbocycles. The van der Waals surface area contributed by atoms with Crippen LogP contribution in [0.15, 0.2) is 24.3 Å². The van der Waals surface area contributed by atoms with Gasteiger partial charge in [0, 0.05) is 12.1 Å². The second-order valence-electron chi connectivity index (χ2n) is 6.42. The molecule has 0 spiro atoms. The molecule has 0 fully saturated rings. The Kier molecular flexibility index (Phi) is 8.28. The third-order valence-electron chi connectivity index (χ3n) is 4.28. The summed E-state index contributed by atoms with van der Waals surface area (Å²) in [6.07, 6.45) is 4.81. The Morgan fingerprint density at radius 3 is 2.50 bits per heavy atom. The summed E-state index contributed by atoms with van der Waals surface area (Å²) >= 11 is 0. The van der Waals surface area contributed by atoms with Crippen LogP contribution in [0, 0.1) is 0 Å². The number of carbonyl (C=O) groups is 1. The predicted molar refractivity (Wildman–Crippen MR) is 103 cm³/mol. The summed E-state index contributed by atoms with van der Waals surface area (Å²) in [5.74, 6) is -0.450. The number of aromatic nitrogens is 3. The van der Waals surface area contributed by atoms with Crippen molar-refractivity contribution >= 4 is 5.97 Å². The molecule has 0 saturated carbocycles. The molecule has 0 saturated heterocycles. The second-order valence-corrected chi connectivity index (χ2v) is 6.42. The number of H-pyrrole nitrogens is 1. The smallest absolute Gasteiger partial charge is 0.361 e. The molecule has 142 valence electrons. The van der Waals surface area contributed by atoms with Crippen molar-refractivity contribution in [2.45, 2.75) is 53.0 Å². The average molecular weight is 358 g/mol. The van der Waals surface area contributed by atoms with Gasteiger partial charge in [-0.2, -0.15) is 10.3 Å². The van der Waals surface area contributed by atoms with Crippen molar-refractivity contribution in [1.82, 2.24) is 20.3 Å². The molecule has 0 bridgehead atoms. The third kappa shape index (κ3) is 5.66. The van der Waals surface area contributed by atoms with Gasteiger partial charge in [0.1, 0.15) is 5.69 Å². The van der Waals surface area contributed by atoms with Crippen molar-refractivity contribution in [1.29, 1.82) is 0 Å². The van der Waals surface area contributed by atoms with E-state index in [1.807, 2.05) is 12.1 Å². The van der Waals surface area contributed by atoms with Crippen LogP contribution in [0.2, 0.25) is 0 Å². The van der Waals surface area contributed by atoms with Crippen LogP contribution < -0.4 is 0 Å². The maximum atomic E-state index is 12.0. The first-order chi connectivity index (χ1) is 12.7. The number of hydrogen-bond donors (Lipinski definition) is 1. The quantitative estimate of drug-likeness (QED) is 0.614. The van der Waals surface area contributed by atoms with Crippen LogP contribution >= 0.6 is 0 Å². The zero-order valence-corrected chi connectivity index (χ0v) is 16.1. The minimum atomic E-state index is -0.450. The van der Waals surface area contributed by atoms with Crippen molar-refractivity contribution in [3.8, 4) is 11.3 Å². The number of rotatable bonds is 11. The Labute approximate surface area is 155 Å². The molecule has 1 heterocycles. The van der Waals surface area contributed by atoms with Gasteiger partial charge >= 0.3 is 5.97 Å². The Morgan fingerprint density at radius 2 is 1.85 bits per heavy atom. The van der Waals surface area contributed by atoms with Crippen molar-refractivity contribution in [2.24, 2.45) is 0 Å². The van der Waals surface area contributed by atoms with Gasteiger partial charge in [0.25, 0.3) is 0 Å². The van der Waals surface area contributed by atoms with Crippen LogP contribution in [0.4, 0.5) is 0 Å². The van der Waals surface area contributed by atoms with Gasteiger partial charge < -0.3 is 4.74 Å². The van der Waals surface area contributed by atoms with Gasteiger partial charge in [0.2, 0.25) is 0 Å². The lowest BCUT2D eigenvalue weighted by Gasteiger charge is -2.22. The van der Waals surface area contributed by atoms with E-state index in [1.165, 1.54) is 31.2 Å². The van der Waals surface area contributed by atoms with Crippen LogP contribution in [0.1, 0.15) is 62.5 Å². The molecule has 2 rings (SSSR count). The van der Waals surface area contributed by atoms with Crippen molar-refractivity contribution in [3.63, 3.8) is 0 Å². The molecule has 0 atom stereocenters. The number of nitrogens with zero attached hydrogens (tertiary/aromatic N) is 3. The highest BCUT2D eigenvalue weighted by Gasteiger charge is 2.19. The zero-order valence-electron chi connectivity index (χ0n) is 16.1. The summed E-state index contributed by atoms with van der Waals surface area (Å²) in [7, 11) is 0. The fourth-order valence-electron chi connectivity index (χ4n) is 2.88. The lowest BCUT2D eigenvalue weighted by molar-refractivity contribution is 0.0520. The van der Waals surface area contributed by atoms with Crippen molar-refractivity contribution in [2.75, 3.05) is 19.7 Å². The summed E-state index contributed by atoms with van der Waals surface area (Å²) in [6, 6.07) is 8.17. The first-order valence-corrected chi connectivity index (χ1v) is 9.59. The van der Waals surface area contributed by atoms with Gasteiger partial charge in [-0.25, -0.2) is 4.79 Å². The van der Waals surface area contributed by atoms with E-state index in [0.29, 0.717) is 12.3 Å². The molecule has 1 N–H and O–H groups in total. The second kappa shape index (κ2) is 10.7. The van der Waals surface area contributed by atoms with Crippen molar-refractivity contribution in [3.05, 3.63) is 35.5 Å². The summed E-state index contributed by atoms with van der Waals surface area (Å²) in [4.78, 5) is 14.5. The monoisotopic (exact) mass is 358 g/mol. The van der Waals surface area contributed by atoms with E-state index in [0.717, 1.165) is 25.2 Å². The average Bonchev–Trinajstić information content (AvgIpc) is 3.14. The van der Waals surface area contributed by atoms with Crippen LogP contribution in [-0.4, -0.2) is 46.0 Å². The summed E-state index contributed by atoms with van der Waals surface area (Å²) in [5.41, 5.74) is 2.87. The lowest BCUT2D eigenvalue weighted by Crippen LogP contribution is -2.25. The molecule has 6 nitrogen and oxygen atoms in total. The number of nitrogens with one attached hydrogen (secondary N) is 1. The van der Waals surface area contributed by atoms with E-state index >= 15 is 0 Å². The number of carbonyl (C=O) groups excluding carboxylic acids is 1. The van der Waals surface area contributed by atoms with E-state index in [2.05, 4.69) is 46.3 Å². The molecule has 2 aromatic rings. The SMILES string of the molecule is CCCCN(CCCC)Cc1cccc(-c2n[nH]nc2C(=O)OCC)c1. The summed E-state index contributed by atoms with van der Waals surface area (Å²) in [5, 5.41) is 10.7. The van der Waals surface area contributed by atoms with E-state index in [-0.39, 0.29) is 5.69 Å². The standard InChI is InChI=1S/C20H30N4O2/c1-4-7-12-24(13-8-5-2)15-16-10-9-11-17(14-16)18-19(22-23-21-18)20(25)26-6-3/h9-11,14H,4-8,12-13,15H2,1-3H3,(H,21,22,23). The minimum absolute atomic E-state index is 0.234. The van der Waals surface area contributed by atoms with Crippen molar-refractivity contribution < 1.29 is 9.53 Å². The molecular weight excluding hydrogens is 328 g/mol. The van der Waals surface area contributed by atoms with E-state index < -0.39 is 5.97 Å². The number of unbranched alkanes of at least 4 members (excludes halogenated alkanes) is 2. The number of ether oxygens (including phenoxy) is 1. The molecule has 26 heavy (non-hydrogen) atoms. The van der Waals surface area contributed by atoms with Gasteiger partial charge in [0.05, 0.1) is 6.61 Å². The fraction of sp³-hybridized carbons (Fsp3) is 0.550. The van der Waals surface area contributed by atoms with Crippen LogP contribution in [0.25, 0.3) is 11.3 Å². The molecule has 1 aromatic carbocycles. The largest absolute Gasteiger partial charge is 0.461 e. The Morgan fingerprint density at radius 1 is 1.12 bits per heavy atom. The molecule has 0 amide bonds. The summed E-state index contributed by atoms with van der Waals surface area (Å²) < 4.78 is 5.06. The number of benzene rings is 1. The topological polar surface area (TPSA) is 71.1 Å². The molecule has 6 heteroatoms. The van der Waals surface area contributed by atoms with E-state index in [4.69, 9.17) is 4.74 Å². The third-order valence-corrected chi connectivity index (χ3v) is 4.28. The van der Waals surface area contributed by atoms with Gasteiger partial charge in [-0.15, -0.1) is 5.10 Å². The number of hydrogen-bond acceptors (Lipinski definition) is 5. The number of esters is 1. The highest BCUT2D eigenvalue weighted by molar-refractivity contribution is 5.93. The first kappa shape index (κ1) is 20.1. The highest BCUT2D eigenvalue weighted by atomic mass is 16.5. The lowest BCUT2D eigenvalue weighted by atomic mass is 10.1. The molecule has 0 radical (unpaired) electrons. The molecular formula is C20H30N4O2. The first-order valence-electron chi connectivity index (χ1n) is 9.59. The highest BCUT2D eigenvalue weighted by Crippen LogP contribution is 2.22. The summed E-state index contributed by atoms with van der Waals surface area (Å²) in [6.45, 7) is 9.66. The molecule has 0 unspecified atom stereocenters. The van der Waals surface area contributed by atoms with Gasteiger partial charge in [-0.05, 0) is 44.5 Å². The predicted octanol–water partition coefficient (Wildman–Crippen LogP) is 4.05. The Hall–Kier alpha value is -2.21. The van der Waals surface area contributed by atoms with Crippen LogP contribution in [0.3, 0.4) is 0 Å². The number of aromatic amines is 1. The fourth-order valence-corrected chi connectivity index (χ4v) is 2.88. The molecule has 1 aromatic heterocycles. The van der Waals surface area contributed by atoms with Crippen LogP contribution in [-0.2, 0) is 11.3 Å². The molecule has 0 aliphatic heterocycles. The van der Waals surface area contributed by atoms with E-state index in [9.17, 15) is 4.79 Å². The Balaban J connectivity index is 2.17. The zero-order chi connectivity index (χ0) is 18.8. The van der Waals surface area contributed by atoms with Gasteiger partial charge in [0.15, 0.2) is 5.69 Å². The van der Waals surface area contributed by atoms with Gasteiger partial charge in [-0.1, -0.05) is 44.9 Å². The van der Waals surface area contributed by atoms with E-state index in [1.54, 1.807) is 6.92 Å². The maximum Gasteiger partial charge on any atom is 0.361 e. The molecule has 0 aliphatic rings. The van der Waals surface area contributed by atoms with Crippen LogP contribution in [0.5, 0.6) is 0 Å². The minimum Gasteiger partial charge on any atom is -0.461 e. The van der Waals surface area contributed by atoms with Gasteiger partial charge in [-0.3, -0.25) is 4.90 Å². The normalized spacial score (nSPS) is 11.1.